The molecule has 0 amide bonds. The third kappa shape index (κ3) is 4.62. The van der Waals surface area contributed by atoms with E-state index in [4.69, 9.17) is 21.6 Å². The Kier molecular flexibility index (Phi) is 5.84. The molecule has 0 spiro atoms. The highest BCUT2D eigenvalue weighted by atomic mass is 35.5. The molecular weight excluding hydrogens is 388 g/mol. The van der Waals surface area contributed by atoms with Gasteiger partial charge < -0.3 is 15.4 Å². The van der Waals surface area contributed by atoms with Crippen molar-refractivity contribution in [1.29, 1.82) is 5.26 Å². The van der Waals surface area contributed by atoms with Crippen molar-refractivity contribution in [2.75, 3.05) is 18.4 Å². The van der Waals surface area contributed by atoms with E-state index in [2.05, 4.69) is 31.7 Å². The fraction of sp³-hybridized carbons (Fsp3) is 0.238. The van der Waals surface area contributed by atoms with Crippen molar-refractivity contribution in [1.82, 2.24) is 20.3 Å². The Balaban J connectivity index is 1.66. The third-order valence-corrected chi connectivity index (χ3v) is 4.94. The molecule has 7 nitrogen and oxygen atoms in total. The lowest BCUT2D eigenvalue weighted by molar-refractivity contribution is 0.463. The number of nitrogens with zero attached hydrogens (tertiary/aromatic N) is 4. The maximum Gasteiger partial charge on any atom is 0.263 e. The van der Waals surface area contributed by atoms with Crippen molar-refractivity contribution in [2.24, 2.45) is 0 Å². The highest BCUT2D eigenvalue weighted by Gasteiger charge is 2.17. The number of hydrogen-bond acceptors (Lipinski definition) is 7. The van der Waals surface area contributed by atoms with Gasteiger partial charge in [-0.15, -0.1) is 0 Å². The molecule has 8 heteroatoms. The van der Waals surface area contributed by atoms with Gasteiger partial charge >= 0.3 is 0 Å². The zero-order valence-electron chi connectivity index (χ0n) is 15.6. The van der Waals surface area contributed by atoms with Crippen LogP contribution in [0.15, 0.2) is 48.9 Å². The van der Waals surface area contributed by atoms with Gasteiger partial charge in [0.15, 0.2) is 5.82 Å². The maximum absolute atomic E-state index is 9.13. The molecule has 3 heterocycles. The third-order valence-electron chi connectivity index (χ3n) is 4.63. The fourth-order valence-electron chi connectivity index (χ4n) is 3.13. The predicted molar refractivity (Wildman–Crippen MR) is 111 cm³/mol. The van der Waals surface area contributed by atoms with Gasteiger partial charge in [-0.3, -0.25) is 4.98 Å². The number of aromatic nitrogens is 3. The highest BCUT2D eigenvalue weighted by molar-refractivity contribution is 6.32. The number of nitrogens with one attached hydrogen (secondary N) is 2. The molecular formula is C21H19ClN6O. The first kappa shape index (κ1) is 19.1. The van der Waals surface area contributed by atoms with Crippen LogP contribution in [0.1, 0.15) is 18.4 Å². The number of benzene rings is 1. The predicted octanol–water partition coefficient (Wildman–Crippen LogP) is 4.02. The number of rotatable bonds is 6. The van der Waals surface area contributed by atoms with E-state index in [1.54, 1.807) is 30.6 Å². The highest BCUT2D eigenvalue weighted by Crippen LogP contribution is 2.32. The topological polar surface area (TPSA) is 95.8 Å². The van der Waals surface area contributed by atoms with E-state index in [1.165, 1.54) is 12.6 Å². The van der Waals surface area contributed by atoms with Gasteiger partial charge in [-0.25, -0.2) is 9.97 Å². The first-order valence-corrected chi connectivity index (χ1v) is 9.73. The van der Waals surface area contributed by atoms with Gasteiger partial charge in [0.2, 0.25) is 0 Å². The molecule has 2 aromatic heterocycles. The van der Waals surface area contributed by atoms with Crippen LogP contribution in [0.25, 0.3) is 11.3 Å². The number of ether oxygens (including phenoxy) is 1. The van der Waals surface area contributed by atoms with Crippen molar-refractivity contribution in [2.45, 2.75) is 18.9 Å². The average molecular weight is 407 g/mol. The zero-order chi connectivity index (χ0) is 20.1. The first-order chi connectivity index (χ1) is 14.2. The van der Waals surface area contributed by atoms with Gasteiger partial charge in [-0.05, 0) is 37.6 Å². The molecule has 4 rings (SSSR count). The summed E-state index contributed by atoms with van der Waals surface area (Å²) in [6.07, 6.45) is 7.07. The lowest BCUT2D eigenvalue weighted by Crippen LogP contribution is -2.29. The first-order valence-electron chi connectivity index (χ1n) is 9.35. The van der Waals surface area contributed by atoms with Crippen LogP contribution >= 0.6 is 11.6 Å². The summed E-state index contributed by atoms with van der Waals surface area (Å²) >= 11 is 6.25. The molecule has 3 aromatic rings. The van der Waals surface area contributed by atoms with Crippen molar-refractivity contribution < 1.29 is 4.74 Å². The molecule has 0 unspecified atom stereocenters. The summed E-state index contributed by atoms with van der Waals surface area (Å²) in [5.74, 6) is 1.34. The minimum Gasteiger partial charge on any atom is -0.434 e. The summed E-state index contributed by atoms with van der Waals surface area (Å²) in [7, 11) is 0. The smallest absolute Gasteiger partial charge is 0.263 e. The van der Waals surface area contributed by atoms with Crippen LogP contribution in [-0.2, 0) is 0 Å². The molecule has 1 atom stereocenters. The van der Waals surface area contributed by atoms with E-state index < -0.39 is 0 Å². The van der Waals surface area contributed by atoms with Gasteiger partial charge in [-0.2, -0.15) is 5.26 Å². The summed E-state index contributed by atoms with van der Waals surface area (Å²) in [6.45, 7) is 1.75. The normalized spacial score (nSPS) is 15.7. The van der Waals surface area contributed by atoms with Crippen LogP contribution in [0.3, 0.4) is 0 Å². The quantitative estimate of drug-likeness (QED) is 0.638. The van der Waals surface area contributed by atoms with E-state index in [1.807, 2.05) is 12.1 Å². The molecule has 1 fully saturated rings. The van der Waals surface area contributed by atoms with Crippen molar-refractivity contribution in [3.63, 3.8) is 0 Å². The van der Waals surface area contributed by atoms with E-state index in [0.717, 1.165) is 19.5 Å². The van der Waals surface area contributed by atoms with Crippen LogP contribution in [0, 0.1) is 11.3 Å². The molecule has 146 valence electrons. The van der Waals surface area contributed by atoms with E-state index in [0.29, 0.717) is 45.3 Å². The number of nitriles is 1. The lowest BCUT2D eigenvalue weighted by atomic mass is 10.2. The van der Waals surface area contributed by atoms with Gasteiger partial charge in [0.25, 0.3) is 5.88 Å². The number of pyridine rings is 1. The standard InChI is InChI=1S/C21H19ClN6O/c22-17-5-1-2-6-19(17)29-21-20(26-12-16-4-3-7-25-16)27-13-18(28-21)15-8-14(9-23)10-24-11-15/h1-2,5-6,8,10-11,13,16,25H,3-4,7,12H2,(H,26,27)/t16-/m0/s1. The Morgan fingerprint density at radius 2 is 2.17 bits per heavy atom. The van der Waals surface area contributed by atoms with Gasteiger partial charge in [0.05, 0.1) is 22.5 Å². The molecule has 2 N–H and O–H groups in total. The molecule has 1 aromatic carbocycles. The number of halogens is 1. The Hall–Kier alpha value is -3.21. The Morgan fingerprint density at radius 1 is 1.28 bits per heavy atom. The molecule has 1 saturated heterocycles. The molecule has 0 aliphatic carbocycles. The second kappa shape index (κ2) is 8.86. The molecule has 0 bridgehead atoms. The monoisotopic (exact) mass is 406 g/mol. The van der Waals surface area contributed by atoms with Gasteiger partial charge in [0, 0.05) is 30.5 Å². The van der Waals surface area contributed by atoms with Gasteiger partial charge in [0.1, 0.15) is 11.8 Å². The van der Waals surface area contributed by atoms with E-state index in [9.17, 15) is 0 Å². The van der Waals surface area contributed by atoms with Crippen molar-refractivity contribution in [3.8, 4) is 29.0 Å². The largest absolute Gasteiger partial charge is 0.434 e. The minimum atomic E-state index is 0.316. The molecule has 0 radical (unpaired) electrons. The summed E-state index contributed by atoms with van der Waals surface area (Å²) in [5.41, 5.74) is 1.69. The van der Waals surface area contributed by atoms with Crippen LogP contribution in [0.5, 0.6) is 11.6 Å². The number of anilines is 1. The second-order valence-corrected chi connectivity index (χ2v) is 7.10. The molecule has 0 saturated carbocycles. The fourth-order valence-corrected chi connectivity index (χ4v) is 3.30. The van der Waals surface area contributed by atoms with Crippen molar-refractivity contribution in [3.05, 3.63) is 59.5 Å². The minimum absolute atomic E-state index is 0.316. The Labute approximate surface area is 173 Å². The zero-order valence-corrected chi connectivity index (χ0v) is 16.4. The van der Waals surface area contributed by atoms with Crippen LogP contribution in [0.4, 0.5) is 5.82 Å². The van der Waals surface area contributed by atoms with Crippen molar-refractivity contribution >= 4 is 17.4 Å². The summed E-state index contributed by atoms with van der Waals surface area (Å²) in [4.78, 5) is 13.2. The Morgan fingerprint density at radius 3 is 2.97 bits per heavy atom. The van der Waals surface area contributed by atoms with Gasteiger partial charge in [-0.1, -0.05) is 23.7 Å². The Bertz CT molecular complexity index is 1050. The maximum atomic E-state index is 9.13. The summed E-state index contributed by atoms with van der Waals surface area (Å²) < 4.78 is 6.00. The molecule has 1 aliphatic rings. The lowest BCUT2D eigenvalue weighted by Gasteiger charge is -2.15. The average Bonchev–Trinajstić information content (AvgIpc) is 3.28. The molecule has 29 heavy (non-hydrogen) atoms. The summed E-state index contributed by atoms with van der Waals surface area (Å²) in [5, 5.41) is 16.4. The van der Waals surface area contributed by atoms with E-state index >= 15 is 0 Å². The number of hydrogen-bond donors (Lipinski definition) is 2. The van der Waals surface area contributed by atoms with Crippen LogP contribution < -0.4 is 15.4 Å². The molecule has 1 aliphatic heterocycles. The second-order valence-electron chi connectivity index (χ2n) is 6.69. The SMILES string of the molecule is N#Cc1cncc(-c2cnc(NC[C@@H]3CCCN3)c(Oc3ccccc3Cl)n2)c1. The summed E-state index contributed by atoms with van der Waals surface area (Å²) in [6, 6.07) is 11.4. The number of para-hydroxylation sites is 1. The van der Waals surface area contributed by atoms with E-state index in [-0.39, 0.29) is 0 Å². The van der Waals surface area contributed by atoms with Crippen LogP contribution in [-0.4, -0.2) is 34.1 Å². The van der Waals surface area contributed by atoms with Crippen LogP contribution in [0.2, 0.25) is 5.02 Å².